The average molecular weight is 161 g/mol. The van der Waals surface area contributed by atoms with Crippen LogP contribution in [0.5, 0.6) is 0 Å². The lowest BCUT2D eigenvalue weighted by Gasteiger charge is -2.03. The van der Waals surface area contributed by atoms with Gasteiger partial charge in [-0.15, -0.1) is 0 Å². The summed E-state index contributed by atoms with van der Waals surface area (Å²) in [5.74, 6) is 0. The number of rotatable bonds is 2. The summed E-state index contributed by atoms with van der Waals surface area (Å²) < 4.78 is 0. The Bertz CT molecular complexity index is 312. The molecule has 0 saturated heterocycles. The Morgan fingerprint density at radius 3 is 2.67 bits per heavy atom. The van der Waals surface area contributed by atoms with E-state index in [0.717, 1.165) is 17.5 Å². The summed E-state index contributed by atoms with van der Waals surface area (Å²) in [5, 5.41) is 17.5. The van der Waals surface area contributed by atoms with Crippen LogP contribution in [0.1, 0.15) is 23.6 Å². The van der Waals surface area contributed by atoms with Crippen LogP contribution < -0.4 is 0 Å². The second-order valence-electron chi connectivity index (χ2n) is 2.61. The minimum atomic E-state index is 0.0505. The van der Waals surface area contributed by atoms with E-state index in [1.54, 1.807) is 12.1 Å². The molecule has 0 fully saturated rings. The van der Waals surface area contributed by atoms with Crippen LogP contribution in [0.15, 0.2) is 18.2 Å². The van der Waals surface area contributed by atoms with Gasteiger partial charge in [0, 0.05) is 0 Å². The minimum absolute atomic E-state index is 0.0505. The van der Waals surface area contributed by atoms with Crippen molar-refractivity contribution in [3.8, 4) is 6.07 Å². The van der Waals surface area contributed by atoms with Gasteiger partial charge in [0.2, 0.25) is 0 Å². The van der Waals surface area contributed by atoms with Crippen molar-refractivity contribution in [2.75, 3.05) is 0 Å². The predicted molar refractivity (Wildman–Crippen MR) is 46.5 cm³/mol. The van der Waals surface area contributed by atoms with Crippen molar-refractivity contribution < 1.29 is 5.11 Å². The molecule has 0 aromatic heterocycles. The van der Waals surface area contributed by atoms with Gasteiger partial charge in [0.1, 0.15) is 0 Å². The topological polar surface area (TPSA) is 44.0 Å². The molecule has 2 nitrogen and oxygen atoms in total. The second-order valence-corrected chi connectivity index (χ2v) is 2.61. The number of nitriles is 1. The second kappa shape index (κ2) is 3.89. The fourth-order valence-electron chi connectivity index (χ4n) is 1.18. The standard InChI is InChI=1S/C10H11NO/c1-2-9-5-8(6-11)3-4-10(9)7-12/h3-5,12H,2,7H2,1H3. The van der Waals surface area contributed by atoms with Gasteiger partial charge in [0.05, 0.1) is 18.2 Å². The highest BCUT2D eigenvalue weighted by Crippen LogP contribution is 2.12. The van der Waals surface area contributed by atoms with Crippen molar-refractivity contribution in [3.63, 3.8) is 0 Å². The normalized spacial score (nSPS) is 9.42. The Balaban J connectivity index is 3.13. The first-order valence-corrected chi connectivity index (χ1v) is 3.94. The highest BCUT2D eigenvalue weighted by Gasteiger charge is 2.00. The van der Waals surface area contributed by atoms with Crippen LogP contribution in [-0.2, 0) is 13.0 Å². The summed E-state index contributed by atoms with van der Waals surface area (Å²) in [6.07, 6.45) is 0.853. The number of aliphatic hydroxyl groups excluding tert-OH is 1. The SMILES string of the molecule is CCc1cc(C#N)ccc1CO. The largest absolute Gasteiger partial charge is 0.392 e. The van der Waals surface area contributed by atoms with Gasteiger partial charge < -0.3 is 5.11 Å². The van der Waals surface area contributed by atoms with Gasteiger partial charge in [-0.25, -0.2) is 0 Å². The molecule has 0 atom stereocenters. The maximum atomic E-state index is 8.93. The van der Waals surface area contributed by atoms with Crippen LogP contribution in [0.3, 0.4) is 0 Å². The maximum absolute atomic E-state index is 8.93. The fourth-order valence-corrected chi connectivity index (χ4v) is 1.18. The summed E-state index contributed by atoms with van der Waals surface area (Å²) in [4.78, 5) is 0. The van der Waals surface area contributed by atoms with Gasteiger partial charge >= 0.3 is 0 Å². The van der Waals surface area contributed by atoms with Crippen LogP contribution in [0.4, 0.5) is 0 Å². The summed E-state index contributed by atoms with van der Waals surface area (Å²) in [6, 6.07) is 7.43. The first kappa shape index (κ1) is 8.76. The van der Waals surface area contributed by atoms with Crippen LogP contribution >= 0.6 is 0 Å². The first-order valence-electron chi connectivity index (χ1n) is 3.94. The van der Waals surface area contributed by atoms with E-state index in [-0.39, 0.29) is 6.61 Å². The van der Waals surface area contributed by atoms with Gasteiger partial charge in [0.15, 0.2) is 0 Å². The van der Waals surface area contributed by atoms with Crippen molar-refractivity contribution in [2.24, 2.45) is 0 Å². The van der Waals surface area contributed by atoms with Gasteiger partial charge in [0.25, 0.3) is 0 Å². The number of aliphatic hydroxyl groups is 1. The van der Waals surface area contributed by atoms with E-state index in [4.69, 9.17) is 10.4 Å². The van der Waals surface area contributed by atoms with Crippen LogP contribution in [0.2, 0.25) is 0 Å². The zero-order chi connectivity index (χ0) is 8.97. The molecule has 2 heteroatoms. The number of aryl methyl sites for hydroxylation is 1. The molecule has 1 N–H and O–H groups in total. The molecule has 1 aromatic carbocycles. The van der Waals surface area contributed by atoms with E-state index < -0.39 is 0 Å². The lowest BCUT2D eigenvalue weighted by Crippen LogP contribution is -1.92. The molecule has 0 heterocycles. The molecule has 0 amide bonds. The summed E-state index contributed by atoms with van der Waals surface area (Å²) in [7, 11) is 0. The highest BCUT2D eigenvalue weighted by atomic mass is 16.3. The molecule has 0 aliphatic heterocycles. The number of nitrogens with zero attached hydrogens (tertiary/aromatic N) is 1. The lowest BCUT2D eigenvalue weighted by molar-refractivity contribution is 0.280. The fraction of sp³-hybridized carbons (Fsp3) is 0.300. The molecule has 62 valence electrons. The van der Waals surface area contributed by atoms with E-state index in [9.17, 15) is 0 Å². The molecule has 1 aromatic rings. The lowest BCUT2D eigenvalue weighted by atomic mass is 10.0. The molecule has 0 saturated carbocycles. The molecule has 12 heavy (non-hydrogen) atoms. The van der Waals surface area contributed by atoms with E-state index in [0.29, 0.717) is 5.56 Å². The van der Waals surface area contributed by atoms with Gasteiger partial charge in [-0.3, -0.25) is 0 Å². The van der Waals surface area contributed by atoms with Gasteiger partial charge in [-0.2, -0.15) is 5.26 Å². The van der Waals surface area contributed by atoms with Crippen molar-refractivity contribution in [3.05, 3.63) is 34.9 Å². The van der Waals surface area contributed by atoms with Gasteiger partial charge in [-0.05, 0) is 29.7 Å². The monoisotopic (exact) mass is 161 g/mol. The van der Waals surface area contributed by atoms with E-state index in [1.165, 1.54) is 0 Å². The summed E-state index contributed by atoms with van der Waals surface area (Å²) >= 11 is 0. The van der Waals surface area contributed by atoms with E-state index in [2.05, 4.69) is 6.07 Å². The molecular formula is C10H11NO. The number of hydrogen-bond acceptors (Lipinski definition) is 2. The first-order chi connectivity index (χ1) is 5.81. The Hall–Kier alpha value is -1.33. The van der Waals surface area contributed by atoms with Crippen LogP contribution in [0.25, 0.3) is 0 Å². The Morgan fingerprint density at radius 2 is 2.17 bits per heavy atom. The summed E-state index contributed by atoms with van der Waals surface area (Å²) in [6.45, 7) is 2.06. The molecule has 0 radical (unpaired) electrons. The van der Waals surface area contributed by atoms with Crippen molar-refractivity contribution in [1.82, 2.24) is 0 Å². The molecule has 0 unspecified atom stereocenters. The number of benzene rings is 1. The zero-order valence-electron chi connectivity index (χ0n) is 7.04. The Kier molecular flexibility index (Phi) is 2.84. The van der Waals surface area contributed by atoms with Crippen LogP contribution in [0, 0.1) is 11.3 Å². The summed E-state index contributed by atoms with van der Waals surface area (Å²) in [5.41, 5.74) is 2.62. The zero-order valence-corrected chi connectivity index (χ0v) is 7.04. The van der Waals surface area contributed by atoms with Crippen LogP contribution in [-0.4, -0.2) is 5.11 Å². The van der Waals surface area contributed by atoms with Crippen molar-refractivity contribution in [2.45, 2.75) is 20.0 Å². The third kappa shape index (κ3) is 1.63. The molecule has 0 aliphatic carbocycles. The van der Waals surface area contributed by atoms with Crippen molar-refractivity contribution >= 4 is 0 Å². The molecule has 0 aliphatic rings. The smallest absolute Gasteiger partial charge is 0.0991 e. The highest BCUT2D eigenvalue weighted by molar-refractivity contribution is 5.37. The predicted octanol–water partition coefficient (Wildman–Crippen LogP) is 1.61. The molecular weight excluding hydrogens is 150 g/mol. The van der Waals surface area contributed by atoms with Gasteiger partial charge in [-0.1, -0.05) is 13.0 Å². The van der Waals surface area contributed by atoms with E-state index >= 15 is 0 Å². The van der Waals surface area contributed by atoms with Crippen molar-refractivity contribution in [1.29, 1.82) is 5.26 Å². The quantitative estimate of drug-likeness (QED) is 0.716. The third-order valence-electron chi connectivity index (χ3n) is 1.89. The molecule has 0 bridgehead atoms. The third-order valence-corrected chi connectivity index (χ3v) is 1.89. The van der Waals surface area contributed by atoms with E-state index in [1.807, 2.05) is 13.0 Å². The molecule has 1 rings (SSSR count). The maximum Gasteiger partial charge on any atom is 0.0991 e. The number of hydrogen-bond donors (Lipinski definition) is 1. The average Bonchev–Trinajstić information content (AvgIpc) is 2.16. The minimum Gasteiger partial charge on any atom is -0.392 e. The molecule has 0 spiro atoms. The Labute approximate surface area is 72.1 Å². The Morgan fingerprint density at radius 1 is 1.42 bits per heavy atom.